The summed E-state index contributed by atoms with van der Waals surface area (Å²) in [4.78, 5) is 44.7. The van der Waals surface area contributed by atoms with Crippen LogP contribution in [-0.2, 0) is 14.3 Å². The Morgan fingerprint density at radius 1 is 1.19 bits per heavy atom. The molecule has 0 aliphatic carbocycles. The summed E-state index contributed by atoms with van der Waals surface area (Å²) in [6, 6.07) is 12.9. The number of ketones is 1. The maximum absolute atomic E-state index is 13.3. The Hall–Kier alpha value is -3.50. The average Bonchev–Trinajstić information content (AvgIpc) is 3.40. The maximum atomic E-state index is 13.3. The molecule has 4 rings (SSSR count). The first-order valence-corrected chi connectivity index (χ1v) is 13.2. The van der Waals surface area contributed by atoms with Crippen LogP contribution in [0.1, 0.15) is 52.3 Å². The summed E-state index contributed by atoms with van der Waals surface area (Å²) in [6.45, 7) is 4.28. The van der Waals surface area contributed by atoms with E-state index in [2.05, 4.69) is 27.8 Å². The van der Waals surface area contributed by atoms with Gasteiger partial charge in [-0.15, -0.1) is 0 Å². The molecule has 3 aromatic rings. The van der Waals surface area contributed by atoms with Gasteiger partial charge in [0.15, 0.2) is 5.13 Å². The van der Waals surface area contributed by atoms with Crippen LogP contribution >= 0.6 is 27.3 Å². The number of nitrogens with zero attached hydrogens (tertiary/aromatic N) is 2. The predicted octanol–water partition coefficient (Wildman–Crippen LogP) is 5.81. The number of aliphatic hydroxyl groups excluding tert-OH is 1. The fourth-order valence-corrected chi connectivity index (χ4v) is 5.42. The summed E-state index contributed by atoms with van der Waals surface area (Å²) in [5.74, 6) is -1.96. The molecule has 2 heterocycles. The molecule has 0 radical (unpaired) electrons. The van der Waals surface area contributed by atoms with Crippen molar-refractivity contribution in [1.29, 1.82) is 0 Å². The van der Waals surface area contributed by atoms with E-state index in [1.54, 1.807) is 49.4 Å². The van der Waals surface area contributed by atoms with Gasteiger partial charge < -0.3 is 14.6 Å². The topological polar surface area (TPSA) is 106 Å². The van der Waals surface area contributed by atoms with Crippen molar-refractivity contribution in [2.75, 3.05) is 18.6 Å². The Bertz CT molecular complexity index is 1380. The number of halogens is 1. The molecular formula is C27H25BrN2O6S. The molecule has 192 valence electrons. The highest BCUT2D eigenvalue weighted by Gasteiger charge is 2.48. The van der Waals surface area contributed by atoms with Gasteiger partial charge in [-0.2, -0.15) is 0 Å². The summed E-state index contributed by atoms with van der Waals surface area (Å²) >= 11 is 4.39. The Morgan fingerprint density at radius 2 is 1.92 bits per heavy atom. The predicted molar refractivity (Wildman–Crippen MR) is 144 cm³/mol. The largest absolute Gasteiger partial charge is 0.507 e. The third kappa shape index (κ3) is 5.30. The summed E-state index contributed by atoms with van der Waals surface area (Å²) in [5, 5.41) is 11.5. The number of aromatic nitrogens is 1. The molecule has 1 aliphatic rings. The molecule has 1 unspecified atom stereocenters. The molecule has 2 aromatic carbocycles. The molecule has 37 heavy (non-hydrogen) atoms. The highest BCUT2D eigenvalue weighted by atomic mass is 79.9. The zero-order valence-electron chi connectivity index (χ0n) is 20.5. The van der Waals surface area contributed by atoms with Gasteiger partial charge in [0.25, 0.3) is 5.78 Å². The average molecular weight is 585 g/mol. The van der Waals surface area contributed by atoms with Gasteiger partial charge in [0.05, 0.1) is 31.0 Å². The Labute approximate surface area is 226 Å². The highest BCUT2D eigenvalue weighted by Crippen LogP contribution is 2.44. The number of hydrogen-bond acceptors (Lipinski definition) is 8. The van der Waals surface area contributed by atoms with Crippen molar-refractivity contribution in [2.24, 2.45) is 0 Å². The molecule has 0 spiro atoms. The number of benzene rings is 2. The standard InChI is InChI=1S/C27H25BrN2O6S/c1-4-5-13-36-19-11-9-16(10-12-19)22(31)20-21(17-7-6-8-18(28)14-17)30(25(33)23(20)32)27-29-15(2)24(37-27)26(34)35-3/h6-12,14,21,31H,4-5,13H2,1-3H3/b22-20-. The zero-order valence-corrected chi connectivity index (χ0v) is 22.9. The second-order valence-corrected chi connectivity index (χ2v) is 10.2. The minimum atomic E-state index is -0.964. The summed E-state index contributed by atoms with van der Waals surface area (Å²) in [5.41, 5.74) is 1.25. The van der Waals surface area contributed by atoms with Crippen molar-refractivity contribution in [1.82, 2.24) is 4.98 Å². The lowest BCUT2D eigenvalue weighted by Gasteiger charge is -2.23. The number of rotatable bonds is 8. The molecule has 1 N–H and O–H groups in total. The number of carbonyl (C=O) groups excluding carboxylic acids is 3. The van der Waals surface area contributed by atoms with Crippen LogP contribution in [0.5, 0.6) is 5.75 Å². The van der Waals surface area contributed by atoms with Crippen molar-refractivity contribution in [3.8, 4) is 5.75 Å². The van der Waals surface area contributed by atoms with Gasteiger partial charge in [0.1, 0.15) is 16.4 Å². The molecule has 8 nitrogen and oxygen atoms in total. The highest BCUT2D eigenvalue weighted by molar-refractivity contribution is 9.10. The molecule has 10 heteroatoms. The number of aryl methyl sites for hydroxylation is 1. The molecule has 0 saturated carbocycles. The minimum Gasteiger partial charge on any atom is -0.507 e. The Kier molecular flexibility index (Phi) is 8.09. The van der Waals surface area contributed by atoms with Gasteiger partial charge in [-0.1, -0.05) is 52.7 Å². The number of unbranched alkanes of at least 4 members (excludes halogenated alkanes) is 1. The monoisotopic (exact) mass is 584 g/mol. The molecule has 1 amide bonds. The zero-order chi connectivity index (χ0) is 26.7. The Morgan fingerprint density at radius 3 is 2.57 bits per heavy atom. The molecular weight excluding hydrogens is 560 g/mol. The van der Waals surface area contributed by atoms with Gasteiger partial charge in [0.2, 0.25) is 0 Å². The van der Waals surface area contributed by atoms with Crippen molar-refractivity contribution in [3.63, 3.8) is 0 Å². The quantitative estimate of drug-likeness (QED) is 0.117. The van der Waals surface area contributed by atoms with Crippen LogP contribution in [0.4, 0.5) is 5.13 Å². The second-order valence-electron chi connectivity index (χ2n) is 8.35. The van der Waals surface area contributed by atoms with Crippen molar-refractivity contribution in [2.45, 2.75) is 32.7 Å². The smallest absolute Gasteiger partial charge is 0.350 e. The number of amides is 1. The van der Waals surface area contributed by atoms with Gasteiger partial charge in [0, 0.05) is 10.0 Å². The van der Waals surface area contributed by atoms with E-state index in [0.717, 1.165) is 28.7 Å². The van der Waals surface area contributed by atoms with Crippen molar-refractivity contribution < 1.29 is 29.0 Å². The van der Waals surface area contributed by atoms with E-state index in [9.17, 15) is 19.5 Å². The number of anilines is 1. The van der Waals surface area contributed by atoms with E-state index in [-0.39, 0.29) is 21.3 Å². The van der Waals surface area contributed by atoms with Crippen LogP contribution < -0.4 is 9.64 Å². The molecule has 1 aromatic heterocycles. The number of Topliss-reactive ketones (excluding diaryl/α,β-unsaturated/α-hetero) is 1. The number of methoxy groups -OCH3 is 1. The molecule has 1 atom stereocenters. The minimum absolute atomic E-state index is 0.0739. The summed E-state index contributed by atoms with van der Waals surface area (Å²) in [6.07, 6.45) is 1.93. The lowest BCUT2D eigenvalue weighted by Crippen LogP contribution is -2.29. The van der Waals surface area contributed by atoms with E-state index in [1.807, 2.05) is 6.07 Å². The maximum Gasteiger partial charge on any atom is 0.350 e. The van der Waals surface area contributed by atoms with Crippen LogP contribution in [0.3, 0.4) is 0 Å². The third-order valence-electron chi connectivity index (χ3n) is 5.87. The van der Waals surface area contributed by atoms with E-state index >= 15 is 0 Å². The van der Waals surface area contributed by atoms with Crippen LogP contribution in [0.15, 0.2) is 58.6 Å². The van der Waals surface area contributed by atoms with Crippen molar-refractivity contribution >= 4 is 55.8 Å². The van der Waals surface area contributed by atoms with Crippen molar-refractivity contribution in [3.05, 3.63) is 80.3 Å². The first kappa shape index (κ1) is 26.6. The number of ether oxygens (including phenoxy) is 2. The normalized spacial score (nSPS) is 16.8. The molecule has 1 saturated heterocycles. The van der Waals surface area contributed by atoms with E-state index in [1.165, 1.54) is 12.0 Å². The molecule has 0 bridgehead atoms. The SMILES string of the molecule is CCCCOc1ccc(/C(O)=C2/C(=O)C(=O)N(c3nc(C)c(C(=O)OC)s3)C2c2cccc(Br)c2)cc1. The number of aliphatic hydroxyl groups is 1. The second kappa shape index (κ2) is 11.3. The summed E-state index contributed by atoms with van der Waals surface area (Å²) < 4.78 is 11.2. The third-order valence-corrected chi connectivity index (χ3v) is 7.50. The van der Waals surface area contributed by atoms with Crippen LogP contribution in [-0.4, -0.2) is 41.5 Å². The van der Waals surface area contributed by atoms with E-state index in [0.29, 0.717) is 29.2 Å². The first-order valence-electron chi connectivity index (χ1n) is 11.6. The van der Waals surface area contributed by atoms with Crippen LogP contribution in [0.2, 0.25) is 0 Å². The lowest BCUT2D eigenvalue weighted by atomic mass is 9.95. The van der Waals surface area contributed by atoms with E-state index in [4.69, 9.17) is 9.47 Å². The fraction of sp³-hybridized carbons (Fsp3) is 0.259. The Balaban J connectivity index is 1.82. The molecule has 1 fully saturated rings. The molecule has 1 aliphatic heterocycles. The van der Waals surface area contributed by atoms with Crippen LogP contribution in [0.25, 0.3) is 5.76 Å². The number of hydrogen-bond donors (Lipinski definition) is 1. The first-order chi connectivity index (χ1) is 17.8. The fourth-order valence-electron chi connectivity index (χ4n) is 3.99. The van der Waals surface area contributed by atoms with Gasteiger partial charge in [-0.3, -0.25) is 14.5 Å². The number of thiazole rings is 1. The summed E-state index contributed by atoms with van der Waals surface area (Å²) in [7, 11) is 1.26. The van der Waals surface area contributed by atoms with Gasteiger partial charge in [-0.05, 0) is 55.3 Å². The lowest BCUT2D eigenvalue weighted by molar-refractivity contribution is -0.132. The number of esters is 1. The van der Waals surface area contributed by atoms with Crippen LogP contribution in [0, 0.1) is 6.92 Å². The number of carbonyl (C=O) groups is 3. The van der Waals surface area contributed by atoms with E-state index < -0.39 is 23.7 Å². The van der Waals surface area contributed by atoms with Gasteiger partial charge in [-0.25, -0.2) is 9.78 Å². The van der Waals surface area contributed by atoms with Gasteiger partial charge >= 0.3 is 11.9 Å².